The number of primary amides is 1. The Morgan fingerprint density at radius 3 is 2.50 bits per heavy atom. The molecule has 0 saturated carbocycles. The SMILES string of the molecule is Cc1n[nH]c(C)c1CC(=O)NC(CCC(N)=O)C(=O)O. The number of carboxylic acids is 1. The summed E-state index contributed by atoms with van der Waals surface area (Å²) >= 11 is 0. The van der Waals surface area contributed by atoms with Gasteiger partial charge in [-0.05, 0) is 20.3 Å². The second-order valence-corrected chi connectivity index (χ2v) is 4.55. The molecule has 1 heterocycles. The number of aliphatic carboxylic acids is 1. The van der Waals surface area contributed by atoms with Crippen LogP contribution in [-0.2, 0) is 20.8 Å². The molecule has 0 saturated heterocycles. The lowest BCUT2D eigenvalue weighted by molar-refractivity contribution is -0.142. The number of aromatic amines is 1. The van der Waals surface area contributed by atoms with E-state index in [4.69, 9.17) is 10.8 Å². The van der Waals surface area contributed by atoms with Crippen molar-refractivity contribution in [2.75, 3.05) is 0 Å². The summed E-state index contributed by atoms with van der Waals surface area (Å²) in [6.07, 6.45) is -0.0880. The Morgan fingerprint density at radius 2 is 2.05 bits per heavy atom. The number of H-pyrrole nitrogens is 1. The summed E-state index contributed by atoms with van der Waals surface area (Å²) in [6, 6.07) is -1.12. The number of nitrogens with zero attached hydrogens (tertiary/aromatic N) is 1. The molecule has 8 heteroatoms. The van der Waals surface area contributed by atoms with Crippen molar-refractivity contribution in [3.63, 3.8) is 0 Å². The van der Waals surface area contributed by atoms with Crippen molar-refractivity contribution in [1.29, 1.82) is 0 Å². The van der Waals surface area contributed by atoms with Gasteiger partial charge in [-0.3, -0.25) is 14.7 Å². The van der Waals surface area contributed by atoms with E-state index >= 15 is 0 Å². The molecule has 110 valence electrons. The number of aromatic nitrogens is 2. The predicted molar refractivity (Wildman–Crippen MR) is 69.8 cm³/mol. The first-order valence-electron chi connectivity index (χ1n) is 6.12. The fourth-order valence-electron chi connectivity index (χ4n) is 1.78. The number of carbonyl (C=O) groups excluding carboxylic acids is 2. The Balaban J connectivity index is 2.62. The minimum Gasteiger partial charge on any atom is -0.480 e. The molecule has 1 unspecified atom stereocenters. The Labute approximate surface area is 115 Å². The van der Waals surface area contributed by atoms with Crippen molar-refractivity contribution < 1.29 is 19.5 Å². The van der Waals surface area contributed by atoms with Gasteiger partial charge in [0.25, 0.3) is 0 Å². The van der Waals surface area contributed by atoms with Gasteiger partial charge in [0.15, 0.2) is 0 Å². The van der Waals surface area contributed by atoms with Gasteiger partial charge in [-0.25, -0.2) is 4.79 Å². The highest BCUT2D eigenvalue weighted by atomic mass is 16.4. The molecule has 0 bridgehead atoms. The quantitative estimate of drug-likeness (QED) is 0.529. The Hall–Kier alpha value is -2.38. The van der Waals surface area contributed by atoms with Gasteiger partial charge in [-0.15, -0.1) is 0 Å². The normalized spacial score (nSPS) is 11.9. The fraction of sp³-hybridized carbons (Fsp3) is 0.500. The standard InChI is InChI=1S/C12H18N4O4/c1-6-8(7(2)16-15-6)5-11(18)14-9(12(19)20)3-4-10(13)17/h9H,3-5H2,1-2H3,(H2,13,17)(H,14,18)(H,15,16)(H,19,20). The van der Waals surface area contributed by atoms with Gasteiger partial charge in [0.1, 0.15) is 6.04 Å². The van der Waals surface area contributed by atoms with Crippen LogP contribution in [0.3, 0.4) is 0 Å². The molecule has 0 aromatic carbocycles. The van der Waals surface area contributed by atoms with Gasteiger partial charge >= 0.3 is 5.97 Å². The molecule has 8 nitrogen and oxygen atoms in total. The maximum Gasteiger partial charge on any atom is 0.326 e. The number of nitrogens with two attached hydrogens (primary N) is 1. The van der Waals surface area contributed by atoms with Crippen molar-refractivity contribution in [2.45, 2.75) is 39.2 Å². The molecule has 0 spiro atoms. The van der Waals surface area contributed by atoms with Crippen LogP contribution in [0.1, 0.15) is 29.8 Å². The molecule has 20 heavy (non-hydrogen) atoms. The summed E-state index contributed by atoms with van der Waals surface area (Å²) in [5.74, 6) is -2.23. The summed E-state index contributed by atoms with van der Waals surface area (Å²) in [4.78, 5) is 33.5. The van der Waals surface area contributed by atoms with E-state index in [1.165, 1.54) is 0 Å². The number of rotatable bonds is 7. The van der Waals surface area contributed by atoms with E-state index in [9.17, 15) is 14.4 Å². The number of hydrogen-bond acceptors (Lipinski definition) is 4. The summed E-state index contributed by atoms with van der Waals surface area (Å²) in [5.41, 5.74) is 7.16. The lowest BCUT2D eigenvalue weighted by Gasteiger charge is -2.13. The Kier molecular flexibility index (Phi) is 5.24. The average Bonchev–Trinajstić information content (AvgIpc) is 2.65. The molecule has 0 aliphatic carbocycles. The van der Waals surface area contributed by atoms with E-state index in [0.29, 0.717) is 5.69 Å². The molecule has 0 aliphatic heterocycles. The van der Waals surface area contributed by atoms with Crippen molar-refractivity contribution in [3.8, 4) is 0 Å². The molecule has 0 fully saturated rings. The first kappa shape index (κ1) is 15.7. The molecule has 1 aromatic heterocycles. The number of nitrogens with one attached hydrogen (secondary N) is 2. The van der Waals surface area contributed by atoms with E-state index in [1.807, 2.05) is 0 Å². The zero-order chi connectivity index (χ0) is 15.3. The lowest BCUT2D eigenvalue weighted by atomic mass is 10.1. The van der Waals surface area contributed by atoms with Gasteiger partial charge in [0.2, 0.25) is 11.8 Å². The first-order valence-corrected chi connectivity index (χ1v) is 6.12. The fourth-order valence-corrected chi connectivity index (χ4v) is 1.78. The van der Waals surface area contributed by atoms with Gasteiger partial charge in [-0.2, -0.15) is 5.10 Å². The maximum atomic E-state index is 11.8. The highest BCUT2D eigenvalue weighted by Gasteiger charge is 2.21. The van der Waals surface area contributed by atoms with Crippen LogP contribution < -0.4 is 11.1 Å². The van der Waals surface area contributed by atoms with Crippen LogP contribution in [0.15, 0.2) is 0 Å². The van der Waals surface area contributed by atoms with Crippen LogP contribution in [0, 0.1) is 13.8 Å². The van der Waals surface area contributed by atoms with Gasteiger partial charge in [0, 0.05) is 17.7 Å². The predicted octanol–water partition coefficient (Wildman–Crippen LogP) is -0.596. The summed E-state index contributed by atoms with van der Waals surface area (Å²) in [6.45, 7) is 3.54. The molecule has 0 radical (unpaired) electrons. The van der Waals surface area contributed by atoms with E-state index in [2.05, 4.69) is 15.5 Å². The van der Waals surface area contributed by atoms with Crippen LogP contribution in [-0.4, -0.2) is 39.1 Å². The third kappa shape index (κ3) is 4.38. The maximum absolute atomic E-state index is 11.8. The van der Waals surface area contributed by atoms with Crippen LogP contribution in [0.25, 0.3) is 0 Å². The van der Waals surface area contributed by atoms with Gasteiger partial charge in [0.05, 0.1) is 12.1 Å². The molecule has 1 atom stereocenters. The summed E-state index contributed by atoms with van der Waals surface area (Å²) in [5, 5.41) is 18.1. The molecule has 0 aliphatic rings. The van der Waals surface area contributed by atoms with Crippen LogP contribution >= 0.6 is 0 Å². The van der Waals surface area contributed by atoms with Gasteiger partial charge in [-0.1, -0.05) is 0 Å². The highest BCUT2D eigenvalue weighted by molar-refractivity contribution is 5.85. The van der Waals surface area contributed by atoms with Gasteiger partial charge < -0.3 is 16.2 Å². The molecular weight excluding hydrogens is 264 g/mol. The van der Waals surface area contributed by atoms with Crippen LogP contribution in [0.2, 0.25) is 0 Å². The van der Waals surface area contributed by atoms with E-state index in [-0.39, 0.29) is 19.3 Å². The van der Waals surface area contributed by atoms with E-state index in [1.54, 1.807) is 13.8 Å². The summed E-state index contributed by atoms with van der Waals surface area (Å²) < 4.78 is 0. The smallest absolute Gasteiger partial charge is 0.326 e. The van der Waals surface area contributed by atoms with Crippen molar-refractivity contribution in [2.24, 2.45) is 5.73 Å². The van der Waals surface area contributed by atoms with E-state index < -0.39 is 23.8 Å². The number of amides is 2. The molecule has 5 N–H and O–H groups in total. The number of aryl methyl sites for hydroxylation is 2. The minimum absolute atomic E-state index is 0.0280. The van der Waals surface area contributed by atoms with Crippen LogP contribution in [0.4, 0.5) is 0 Å². The zero-order valence-electron chi connectivity index (χ0n) is 11.4. The summed E-state index contributed by atoms with van der Waals surface area (Å²) in [7, 11) is 0. The van der Waals surface area contributed by atoms with Crippen molar-refractivity contribution in [1.82, 2.24) is 15.5 Å². The van der Waals surface area contributed by atoms with Crippen LogP contribution in [0.5, 0.6) is 0 Å². The molecular formula is C12H18N4O4. The number of carbonyl (C=O) groups is 3. The molecule has 1 aromatic rings. The third-order valence-electron chi connectivity index (χ3n) is 2.93. The van der Waals surface area contributed by atoms with Crippen molar-refractivity contribution >= 4 is 17.8 Å². The highest BCUT2D eigenvalue weighted by Crippen LogP contribution is 2.10. The molecule has 2 amide bonds. The third-order valence-corrected chi connectivity index (χ3v) is 2.93. The zero-order valence-corrected chi connectivity index (χ0v) is 11.4. The lowest BCUT2D eigenvalue weighted by Crippen LogP contribution is -2.42. The molecule has 1 rings (SSSR count). The second kappa shape index (κ2) is 6.69. The van der Waals surface area contributed by atoms with E-state index in [0.717, 1.165) is 11.3 Å². The Morgan fingerprint density at radius 1 is 1.40 bits per heavy atom. The minimum atomic E-state index is -1.19. The average molecular weight is 282 g/mol. The first-order chi connectivity index (χ1) is 9.31. The monoisotopic (exact) mass is 282 g/mol. The second-order valence-electron chi connectivity index (χ2n) is 4.55. The largest absolute Gasteiger partial charge is 0.480 e. The van der Waals surface area contributed by atoms with Crippen molar-refractivity contribution in [3.05, 3.63) is 17.0 Å². The number of carboxylic acid groups (broad SMARTS) is 1. The topological polar surface area (TPSA) is 138 Å². The Bertz CT molecular complexity index is 504. The number of hydrogen-bond donors (Lipinski definition) is 4.